The fourth-order valence-electron chi connectivity index (χ4n) is 2.06. The Balaban J connectivity index is 1.96. The first-order valence-electron chi connectivity index (χ1n) is 6.38. The Morgan fingerprint density at radius 2 is 2.05 bits per heavy atom. The molecular weight excluding hydrogens is 304 g/mol. The average molecular weight is 319 g/mol. The van der Waals surface area contributed by atoms with E-state index in [0.717, 1.165) is 0 Å². The molecule has 1 saturated carbocycles. The van der Waals surface area contributed by atoms with Crippen LogP contribution in [-0.2, 0) is 16.4 Å². The van der Waals surface area contributed by atoms with Gasteiger partial charge in [-0.1, -0.05) is 12.1 Å². The fraction of sp³-hybridized carbons (Fsp3) is 0.462. The first-order chi connectivity index (χ1) is 9.78. The van der Waals surface area contributed by atoms with Crippen molar-refractivity contribution >= 4 is 16.0 Å². The molecule has 2 N–H and O–H groups in total. The van der Waals surface area contributed by atoms with Crippen molar-refractivity contribution in [1.82, 2.24) is 4.72 Å². The Labute approximate surface area is 121 Å². The second-order valence-electron chi connectivity index (χ2n) is 5.02. The van der Waals surface area contributed by atoms with Gasteiger partial charge in [-0.05, 0) is 37.0 Å². The minimum Gasteiger partial charge on any atom is -0.478 e. The molecule has 1 fully saturated rings. The molecule has 0 amide bonds. The SMILES string of the molecule is O=C(O)c1cccc(CCNS(=O)(=O)C2(C(F)F)CC2)c1. The van der Waals surface area contributed by atoms with Gasteiger partial charge in [0, 0.05) is 6.54 Å². The molecule has 8 heteroatoms. The predicted molar refractivity (Wildman–Crippen MR) is 72.0 cm³/mol. The van der Waals surface area contributed by atoms with Crippen LogP contribution in [0.3, 0.4) is 0 Å². The Kier molecular flexibility index (Phi) is 4.29. The Hall–Kier alpha value is -1.54. The second-order valence-corrected chi connectivity index (χ2v) is 7.13. The van der Waals surface area contributed by atoms with Crippen LogP contribution in [-0.4, -0.2) is 37.2 Å². The summed E-state index contributed by atoms with van der Waals surface area (Å²) < 4.78 is 49.5. The molecule has 0 unspecified atom stereocenters. The van der Waals surface area contributed by atoms with Crippen LogP contribution in [0.5, 0.6) is 0 Å². The van der Waals surface area contributed by atoms with Crippen molar-refractivity contribution in [2.75, 3.05) is 6.54 Å². The first-order valence-corrected chi connectivity index (χ1v) is 7.86. The minimum absolute atomic E-state index is 0.0332. The van der Waals surface area contributed by atoms with Crippen molar-refractivity contribution in [3.05, 3.63) is 35.4 Å². The van der Waals surface area contributed by atoms with E-state index < -0.39 is 27.2 Å². The van der Waals surface area contributed by atoms with E-state index in [1.807, 2.05) is 0 Å². The number of rotatable bonds is 7. The van der Waals surface area contributed by atoms with E-state index in [0.29, 0.717) is 5.56 Å². The van der Waals surface area contributed by atoms with E-state index in [1.165, 1.54) is 12.1 Å². The summed E-state index contributed by atoms with van der Waals surface area (Å²) in [5.74, 6) is -1.08. The van der Waals surface area contributed by atoms with Crippen LogP contribution in [0.25, 0.3) is 0 Å². The van der Waals surface area contributed by atoms with Crippen LogP contribution in [0.2, 0.25) is 0 Å². The van der Waals surface area contributed by atoms with Gasteiger partial charge in [0.1, 0.15) is 4.75 Å². The maximum atomic E-state index is 12.8. The fourth-order valence-corrected chi connectivity index (χ4v) is 3.59. The Bertz CT molecular complexity index is 641. The van der Waals surface area contributed by atoms with Crippen molar-refractivity contribution in [1.29, 1.82) is 0 Å². The van der Waals surface area contributed by atoms with Crippen molar-refractivity contribution in [2.24, 2.45) is 0 Å². The zero-order valence-electron chi connectivity index (χ0n) is 11.1. The standard InChI is InChI=1S/C13H15F2NO4S/c14-12(15)13(5-6-13)21(19,20)16-7-4-9-2-1-3-10(8-9)11(17)18/h1-3,8,12,16H,4-7H2,(H,17,18). The molecule has 1 aromatic carbocycles. The normalized spacial score (nSPS) is 16.9. The van der Waals surface area contributed by atoms with Gasteiger partial charge in [0.2, 0.25) is 10.0 Å². The zero-order valence-corrected chi connectivity index (χ0v) is 11.9. The van der Waals surface area contributed by atoms with Crippen LogP contribution < -0.4 is 4.72 Å². The van der Waals surface area contributed by atoms with Gasteiger partial charge in [-0.2, -0.15) is 0 Å². The summed E-state index contributed by atoms with van der Waals surface area (Å²) in [7, 11) is -4.06. The van der Waals surface area contributed by atoms with E-state index in [1.54, 1.807) is 12.1 Å². The lowest BCUT2D eigenvalue weighted by atomic mass is 10.1. The smallest absolute Gasteiger partial charge is 0.335 e. The molecule has 0 aromatic heterocycles. The minimum atomic E-state index is -4.06. The summed E-state index contributed by atoms with van der Waals surface area (Å²) in [6.07, 6.45) is -2.73. The van der Waals surface area contributed by atoms with Gasteiger partial charge in [0.05, 0.1) is 5.56 Å². The molecule has 21 heavy (non-hydrogen) atoms. The molecule has 0 aliphatic heterocycles. The quantitative estimate of drug-likeness (QED) is 0.800. The highest BCUT2D eigenvalue weighted by molar-refractivity contribution is 7.91. The number of nitrogens with one attached hydrogen (secondary N) is 1. The highest BCUT2D eigenvalue weighted by atomic mass is 32.2. The van der Waals surface area contributed by atoms with Crippen LogP contribution >= 0.6 is 0 Å². The third-order valence-electron chi connectivity index (χ3n) is 3.56. The molecule has 1 aliphatic rings. The van der Waals surface area contributed by atoms with E-state index in [9.17, 15) is 22.0 Å². The van der Waals surface area contributed by atoms with E-state index in [4.69, 9.17) is 5.11 Å². The number of hydrogen-bond acceptors (Lipinski definition) is 3. The van der Waals surface area contributed by atoms with Crippen LogP contribution in [0.4, 0.5) is 8.78 Å². The summed E-state index contributed by atoms with van der Waals surface area (Å²) in [6.45, 7) is -0.0418. The summed E-state index contributed by atoms with van der Waals surface area (Å²) >= 11 is 0. The number of carboxylic acid groups (broad SMARTS) is 1. The van der Waals surface area contributed by atoms with Gasteiger partial charge >= 0.3 is 5.97 Å². The molecule has 0 heterocycles. The number of alkyl halides is 2. The number of halogens is 2. The van der Waals surface area contributed by atoms with Gasteiger partial charge in [-0.15, -0.1) is 0 Å². The number of sulfonamides is 1. The highest BCUT2D eigenvalue weighted by Crippen LogP contribution is 2.47. The number of benzene rings is 1. The molecule has 0 spiro atoms. The molecule has 5 nitrogen and oxygen atoms in total. The molecule has 0 bridgehead atoms. The lowest BCUT2D eigenvalue weighted by Gasteiger charge is -2.16. The van der Waals surface area contributed by atoms with Crippen molar-refractivity contribution < 1.29 is 27.1 Å². The lowest BCUT2D eigenvalue weighted by Crippen LogP contribution is -2.41. The van der Waals surface area contributed by atoms with E-state index in [-0.39, 0.29) is 31.4 Å². The Morgan fingerprint density at radius 1 is 1.38 bits per heavy atom. The molecule has 1 aromatic rings. The van der Waals surface area contributed by atoms with Crippen LogP contribution in [0.15, 0.2) is 24.3 Å². The predicted octanol–water partition coefficient (Wildman–Crippen LogP) is 1.64. The maximum Gasteiger partial charge on any atom is 0.335 e. The zero-order chi connectivity index (χ0) is 15.7. The summed E-state index contributed by atoms with van der Waals surface area (Å²) in [5, 5.41) is 8.85. The molecule has 0 saturated heterocycles. The van der Waals surface area contributed by atoms with Crippen LogP contribution in [0.1, 0.15) is 28.8 Å². The van der Waals surface area contributed by atoms with Gasteiger partial charge < -0.3 is 5.11 Å². The summed E-state index contributed by atoms with van der Waals surface area (Å²) in [6, 6.07) is 6.05. The topological polar surface area (TPSA) is 83.5 Å². The molecule has 0 atom stereocenters. The van der Waals surface area contributed by atoms with Crippen LogP contribution in [0, 0.1) is 0 Å². The van der Waals surface area contributed by atoms with Crippen molar-refractivity contribution in [2.45, 2.75) is 30.4 Å². The van der Waals surface area contributed by atoms with Gasteiger partial charge in [0.15, 0.2) is 0 Å². The van der Waals surface area contributed by atoms with Gasteiger partial charge in [-0.3, -0.25) is 0 Å². The van der Waals surface area contributed by atoms with E-state index in [2.05, 4.69) is 4.72 Å². The molecule has 0 radical (unpaired) electrons. The number of carboxylic acids is 1. The van der Waals surface area contributed by atoms with Crippen molar-refractivity contribution in [3.63, 3.8) is 0 Å². The highest BCUT2D eigenvalue weighted by Gasteiger charge is 2.61. The molecule has 116 valence electrons. The third-order valence-corrected chi connectivity index (χ3v) is 5.80. The average Bonchev–Trinajstić information content (AvgIpc) is 3.20. The molecule has 2 rings (SSSR count). The largest absolute Gasteiger partial charge is 0.478 e. The Morgan fingerprint density at radius 3 is 2.57 bits per heavy atom. The number of hydrogen-bond donors (Lipinski definition) is 2. The summed E-state index contributed by atoms with van der Waals surface area (Å²) in [5.41, 5.74) is 0.723. The molecule has 1 aliphatic carbocycles. The monoisotopic (exact) mass is 319 g/mol. The second kappa shape index (κ2) is 5.69. The molecular formula is C13H15F2NO4S. The van der Waals surface area contributed by atoms with E-state index >= 15 is 0 Å². The number of carbonyl (C=O) groups is 1. The lowest BCUT2D eigenvalue weighted by molar-refractivity contribution is 0.0696. The number of aromatic carboxylic acids is 1. The van der Waals surface area contributed by atoms with Gasteiger partial charge in [-0.25, -0.2) is 26.7 Å². The third kappa shape index (κ3) is 3.21. The maximum absolute atomic E-state index is 12.8. The summed E-state index contributed by atoms with van der Waals surface area (Å²) in [4.78, 5) is 10.8. The van der Waals surface area contributed by atoms with Crippen molar-refractivity contribution in [3.8, 4) is 0 Å². The van der Waals surface area contributed by atoms with Gasteiger partial charge in [0.25, 0.3) is 6.43 Å². The first kappa shape index (κ1) is 15.8.